The summed E-state index contributed by atoms with van der Waals surface area (Å²) in [5.74, 6) is 0.458. The van der Waals surface area contributed by atoms with Gasteiger partial charge in [0.2, 0.25) is 0 Å². The van der Waals surface area contributed by atoms with Gasteiger partial charge in [-0.05, 0) is 55.3 Å². The average molecular weight is 438 g/mol. The molecule has 0 N–H and O–H groups in total. The molecular weight excluding hydrogens is 418 g/mol. The van der Waals surface area contributed by atoms with Crippen LogP contribution in [0.4, 0.5) is 5.13 Å². The zero-order chi connectivity index (χ0) is 21.1. The molecule has 4 aromatic rings. The first kappa shape index (κ1) is 20.3. The number of thiazole rings is 1. The fourth-order valence-corrected chi connectivity index (χ4v) is 4.38. The van der Waals surface area contributed by atoms with Crippen molar-refractivity contribution in [2.45, 2.75) is 20.4 Å². The summed E-state index contributed by atoms with van der Waals surface area (Å²) in [5, 5.41) is 1.20. The van der Waals surface area contributed by atoms with Crippen molar-refractivity contribution in [1.82, 2.24) is 9.97 Å². The van der Waals surface area contributed by atoms with Gasteiger partial charge >= 0.3 is 0 Å². The van der Waals surface area contributed by atoms with Crippen molar-refractivity contribution >= 4 is 44.2 Å². The lowest BCUT2D eigenvalue weighted by atomic mass is 10.2. The number of nitrogens with zero attached hydrogens (tertiary/aromatic N) is 3. The van der Waals surface area contributed by atoms with Crippen LogP contribution >= 0.6 is 22.9 Å². The topological polar surface area (TPSA) is 55.3 Å². The minimum atomic E-state index is -0.199. The largest absolute Gasteiger partial charge is 0.484 e. The fraction of sp³-hybridized carbons (Fsp3) is 0.174. The number of hydrogen-bond acceptors (Lipinski definition) is 5. The van der Waals surface area contributed by atoms with E-state index >= 15 is 0 Å². The van der Waals surface area contributed by atoms with Gasteiger partial charge in [0.25, 0.3) is 5.91 Å². The van der Waals surface area contributed by atoms with Crippen LogP contribution in [-0.4, -0.2) is 22.5 Å². The normalized spacial score (nSPS) is 10.9. The first-order chi connectivity index (χ1) is 14.5. The number of carbonyl (C=O) groups excluding carboxylic acids is 1. The Morgan fingerprint density at radius 1 is 1.13 bits per heavy atom. The Labute approximate surface area is 183 Å². The molecule has 2 aromatic carbocycles. The summed E-state index contributed by atoms with van der Waals surface area (Å²) < 4.78 is 6.62. The number of pyridine rings is 1. The highest BCUT2D eigenvalue weighted by Gasteiger charge is 2.22. The molecule has 152 valence electrons. The molecule has 0 aliphatic heterocycles. The summed E-state index contributed by atoms with van der Waals surface area (Å²) >= 11 is 7.77. The fourth-order valence-electron chi connectivity index (χ4n) is 3.05. The minimum absolute atomic E-state index is 0.0983. The Morgan fingerprint density at radius 3 is 2.73 bits per heavy atom. The standard InChI is InChI=1S/C23H20ClN3O2S/c1-15-6-5-8-18(12-15)29-14-20(28)27(13-17-7-3-4-11-25-17)23-26-21-16(2)9-10-19(24)22(21)30-23/h3-12H,13-14H2,1-2H3. The molecule has 5 nitrogen and oxygen atoms in total. The van der Waals surface area contributed by atoms with Gasteiger partial charge in [-0.1, -0.05) is 47.2 Å². The summed E-state index contributed by atoms with van der Waals surface area (Å²) in [4.78, 5) is 23.8. The third-order valence-electron chi connectivity index (χ3n) is 4.62. The molecule has 0 spiro atoms. The Hall–Kier alpha value is -2.96. The highest BCUT2D eigenvalue weighted by atomic mass is 35.5. The van der Waals surface area contributed by atoms with E-state index in [-0.39, 0.29) is 12.5 Å². The summed E-state index contributed by atoms with van der Waals surface area (Å²) in [6, 6.07) is 17.0. The van der Waals surface area contributed by atoms with E-state index in [0.29, 0.717) is 22.4 Å². The number of halogens is 1. The predicted octanol–water partition coefficient (Wildman–Crippen LogP) is 5.57. The molecular formula is C23H20ClN3O2S. The van der Waals surface area contributed by atoms with Crippen molar-refractivity contribution in [3.05, 3.63) is 82.6 Å². The van der Waals surface area contributed by atoms with E-state index < -0.39 is 0 Å². The lowest BCUT2D eigenvalue weighted by Crippen LogP contribution is -2.34. The second kappa shape index (κ2) is 8.81. The van der Waals surface area contributed by atoms with Crippen molar-refractivity contribution < 1.29 is 9.53 Å². The third-order valence-corrected chi connectivity index (χ3v) is 6.15. The summed E-state index contributed by atoms with van der Waals surface area (Å²) in [5.41, 5.74) is 3.66. The predicted molar refractivity (Wildman–Crippen MR) is 121 cm³/mol. The van der Waals surface area contributed by atoms with E-state index in [2.05, 4.69) is 4.98 Å². The van der Waals surface area contributed by atoms with Crippen LogP contribution in [0.5, 0.6) is 5.75 Å². The molecule has 0 atom stereocenters. The van der Waals surface area contributed by atoms with Crippen LogP contribution in [-0.2, 0) is 11.3 Å². The first-order valence-corrected chi connectivity index (χ1v) is 10.7. The molecule has 0 fully saturated rings. The molecule has 4 rings (SSSR count). The molecule has 2 aromatic heterocycles. The lowest BCUT2D eigenvalue weighted by molar-refractivity contribution is -0.120. The first-order valence-electron chi connectivity index (χ1n) is 9.46. The Balaban J connectivity index is 1.65. The number of aromatic nitrogens is 2. The zero-order valence-corrected chi connectivity index (χ0v) is 18.2. The van der Waals surface area contributed by atoms with Gasteiger partial charge in [0.15, 0.2) is 11.7 Å². The van der Waals surface area contributed by atoms with Crippen molar-refractivity contribution in [3.8, 4) is 5.75 Å². The van der Waals surface area contributed by atoms with Crippen molar-refractivity contribution in [2.24, 2.45) is 0 Å². The number of anilines is 1. The molecule has 0 aliphatic carbocycles. The van der Waals surface area contributed by atoms with Crippen LogP contribution in [0.25, 0.3) is 10.2 Å². The molecule has 0 radical (unpaired) electrons. The summed E-state index contributed by atoms with van der Waals surface area (Å²) in [6.45, 7) is 4.16. The number of rotatable bonds is 6. The Kier molecular flexibility index (Phi) is 5.97. The maximum atomic E-state index is 13.2. The molecule has 0 aliphatic rings. The van der Waals surface area contributed by atoms with E-state index in [4.69, 9.17) is 21.3 Å². The van der Waals surface area contributed by atoms with E-state index in [1.54, 1.807) is 11.1 Å². The summed E-state index contributed by atoms with van der Waals surface area (Å²) in [7, 11) is 0. The van der Waals surface area contributed by atoms with Crippen LogP contribution < -0.4 is 9.64 Å². The zero-order valence-electron chi connectivity index (χ0n) is 16.6. The molecule has 0 saturated carbocycles. The number of benzene rings is 2. The second-order valence-corrected chi connectivity index (χ2v) is 8.33. The van der Waals surface area contributed by atoms with Crippen LogP contribution in [0.3, 0.4) is 0 Å². The van der Waals surface area contributed by atoms with Gasteiger partial charge < -0.3 is 4.74 Å². The van der Waals surface area contributed by atoms with Crippen molar-refractivity contribution in [1.29, 1.82) is 0 Å². The van der Waals surface area contributed by atoms with Crippen LogP contribution in [0, 0.1) is 13.8 Å². The third kappa shape index (κ3) is 4.45. The highest BCUT2D eigenvalue weighted by Crippen LogP contribution is 2.36. The van der Waals surface area contributed by atoms with Gasteiger partial charge in [-0.2, -0.15) is 0 Å². The number of hydrogen-bond donors (Lipinski definition) is 0. The van der Waals surface area contributed by atoms with Crippen LogP contribution in [0.1, 0.15) is 16.8 Å². The Bertz CT molecular complexity index is 1150. The highest BCUT2D eigenvalue weighted by molar-refractivity contribution is 7.23. The molecule has 0 saturated heterocycles. The monoisotopic (exact) mass is 437 g/mol. The molecule has 0 unspecified atom stereocenters. The van der Waals surface area contributed by atoms with Gasteiger partial charge in [-0.15, -0.1) is 0 Å². The Morgan fingerprint density at radius 2 is 2.00 bits per heavy atom. The summed E-state index contributed by atoms with van der Waals surface area (Å²) in [6.07, 6.45) is 1.71. The van der Waals surface area contributed by atoms with Crippen molar-refractivity contribution in [2.75, 3.05) is 11.5 Å². The smallest absolute Gasteiger partial charge is 0.267 e. The number of aryl methyl sites for hydroxylation is 2. The van der Waals surface area contributed by atoms with E-state index in [1.165, 1.54) is 11.3 Å². The SMILES string of the molecule is Cc1cccc(OCC(=O)N(Cc2ccccn2)c2nc3c(C)ccc(Cl)c3s2)c1. The van der Waals surface area contributed by atoms with Gasteiger partial charge in [0, 0.05) is 6.20 Å². The maximum absolute atomic E-state index is 13.2. The van der Waals surface area contributed by atoms with E-state index in [9.17, 15) is 4.79 Å². The average Bonchev–Trinajstić information content (AvgIpc) is 3.20. The van der Waals surface area contributed by atoms with Crippen LogP contribution in [0.2, 0.25) is 5.02 Å². The molecule has 0 bridgehead atoms. The van der Waals surface area contributed by atoms with Crippen LogP contribution in [0.15, 0.2) is 60.8 Å². The number of ether oxygens (including phenoxy) is 1. The van der Waals surface area contributed by atoms with Gasteiger partial charge in [-0.25, -0.2) is 4.98 Å². The van der Waals surface area contributed by atoms with Crippen molar-refractivity contribution in [3.63, 3.8) is 0 Å². The number of carbonyl (C=O) groups is 1. The molecule has 7 heteroatoms. The number of amides is 1. The minimum Gasteiger partial charge on any atom is -0.484 e. The van der Waals surface area contributed by atoms with E-state index in [0.717, 1.165) is 27.0 Å². The molecule has 1 amide bonds. The lowest BCUT2D eigenvalue weighted by Gasteiger charge is -2.19. The van der Waals surface area contributed by atoms with Gasteiger partial charge in [0.05, 0.1) is 27.5 Å². The number of fused-ring (bicyclic) bond motifs is 1. The molecule has 2 heterocycles. The van der Waals surface area contributed by atoms with E-state index in [1.807, 2.05) is 68.4 Å². The van der Waals surface area contributed by atoms with Gasteiger partial charge in [0.1, 0.15) is 5.75 Å². The second-order valence-electron chi connectivity index (χ2n) is 6.94. The quantitative estimate of drug-likeness (QED) is 0.395. The van der Waals surface area contributed by atoms with Gasteiger partial charge in [-0.3, -0.25) is 14.7 Å². The maximum Gasteiger partial charge on any atom is 0.267 e. The molecule has 30 heavy (non-hydrogen) atoms.